The minimum absolute atomic E-state index is 0.0468. The third-order valence-corrected chi connectivity index (χ3v) is 9.04. The van der Waals surface area contributed by atoms with Gasteiger partial charge in [-0.25, -0.2) is 0 Å². The molecule has 1 aliphatic heterocycles. The van der Waals surface area contributed by atoms with Crippen LogP contribution in [-0.2, 0) is 19.6 Å². The molecular weight excluding hydrogens is 554 g/mol. The lowest BCUT2D eigenvalue weighted by Gasteiger charge is -2.30. The van der Waals surface area contributed by atoms with Crippen LogP contribution >= 0.6 is 27.7 Å². The van der Waals surface area contributed by atoms with Crippen LogP contribution in [-0.4, -0.2) is 48.7 Å². The molecule has 2 amide bonds. The van der Waals surface area contributed by atoms with Crippen molar-refractivity contribution in [1.82, 2.24) is 4.90 Å². The van der Waals surface area contributed by atoms with E-state index in [0.717, 1.165) is 48.3 Å². The summed E-state index contributed by atoms with van der Waals surface area (Å²) in [5.74, 6) is 0.0682. The quantitative estimate of drug-likeness (QED) is 0.504. The van der Waals surface area contributed by atoms with Crippen molar-refractivity contribution in [3.8, 4) is 5.75 Å². The summed E-state index contributed by atoms with van der Waals surface area (Å²) < 4.78 is 36.0. The smallest absolute Gasteiger partial charge is 0.284 e. The lowest BCUT2D eigenvalue weighted by atomic mass is 9.94. The number of anilines is 1. The summed E-state index contributed by atoms with van der Waals surface area (Å²) >= 11 is 4.35. The molecule has 0 radical (unpaired) electrons. The molecule has 35 heavy (non-hydrogen) atoms. The topological polar surface area (TPSA) is 105 Å². The maximum Gasteiger partial charge on any atom is 0.284 e. The number of benzene rings is 2. The molecule has 4 rings (SSSR count). The van der Waals surface area contributed by atoms with E-state index >= 15 is 0 Å². The standard InChI is InChI=1S/C24H26BrN3O5S2/c1-33-19-11-9-17(10-12-19)26-22(29)15-21-23(30)28(18-5-3-2-4-6-18)24(34-21)27-35(31,32)20-13-7-16(25)8-14-20/h7-14,18,21H,2-6,15H2,1H3,(H,26,29)/t21-/m0/s1. The lowest BCUT2D eigenvalue weighted by Crippen LogP contribution is -2.42. The Hall–Kier alpha value is -2.37. The van der Waals surface area contributed by atoms with Crippen molar-refractivity contribution in [3.05, 3.63) is 53.0 Å². The molecule has 2 aliphatic rings. The number of ether oxygens (including phenoxy) is 1. The zero-order valence-corrected chi connectivity index (χ0v) is 22.4. The fourth-order valence-electron chi connectivity index (χ4n) is 4.17. The van der Waals surface area contributed by atoms with Gasteiger partial charge < -0.3 is 10.1 Å². The molecule has 0 spiro atoms. The van der Waals surface area contributed by atoms with Gasteiger partial charge >= 0.3 is 0 Å². The van der Waals surface area contributed by atoms with Crippen molar-refractivity contribution < 1.29 is 22.7 Å². The zero-order chi connectivity index (χ0) is 25.0. The highest BCUT2D eigenvalue weighted by molar-refractivity contribution is 9.10. The van der Waals surface area contributed by atoms with Gasteiger partial charge in [-0.05, 0) is 61.4 Å². The van der Waals surface area contributed by atoms with E-state index in [-0.39, 0.29) is 34.3 Å². The van der Waals surface area contributed by atoms with Crippen LogP contribution in [0.25, 0.3) is 0 Å². The molecular formula is C24H26BrN3O5S2. The van der Waals surface area contributed by atoms with Crippen LogP contribution < -0.4 is 10.1 Å². The number of thioether (sulfide) groups is 1. The first-order chi connectivity index (χ1) is 16.8. The maximum absolute atomic E-state index is 13.4. The summed E-state index contributed by atoms with van der Waals surface area (Å²) in [6.07, 6.45) is 4.50. The maximum atomic E-state index is 13.4. The Morgan fingerprint density at radius 2 is 1.77 bits per heavy atom. The first-order valence-electron chi connectivity index (χ1n) is 11.3. The first-order valence-corrected chi connectivity index (χ1v) is 14.4. The Morgan fingerprint density at radius 3 is 2.40 bits per heavy atom. The summed E-state index contributed by atoms with van der Waals surface area (Å²) in [5.41, 5.74) is 0.585. The number of rotatable bonds is 7. The van der Waals surface area contributed by atoms with Crippen molar-refractivity contribution in [2.24, 2.45) is 4.40 Å². The monoisotopic (exact) mass is 579 g/mol. The second-order valence-corrected chi connectivity index (χ2v) is 12.1. The molecule has 1 aliphatic carbocycles. The Bertz CT molecular complexity index is 1210. The molecule has 2 fully saturated rings. The molecule has 1 atom stereocenters. The van der Waals surface area contributed by atoms with Crippen LogP contribution in [0.15, 0.2) is 62.3 Å². The number of carbonyl (C=O) groups is 2. The van der Waals surface area contributed by atoms with E-state index < -0.39 is 15.3 Å². The van der Waals surface area contributed by atoms with Gasteiger partial charge in [0.15, 0.2) is 5.17 Å². The van der Waals surface area contributed by atoms with Gasteiger partial charge in [0.1, 0.15) is 11.0 Å². The van der Waals surface area contributed by atoms with Gasteiger partial charge in [0.25, 0.3) is 10.0 Å². The van der Waals surface area contributed by atoms with Gasteiger partial charge in [0, 0.05) is 22.6 Å². The van der Waals surface area contributed by atoms with Crippen molar-refractivity contribution >= 4 is 60.4 Å². The third kappa shape index (κ3) is 6.25. The van der Waals surface area contributed by atoms with E-state index in [1.807, 2.05) is 0 Å². The molecule has 2 aromatic rings. The van der Waals surface area contributed by atoms with Gasteiger partial charge in [0.2, 0.25) is 11.8 Å². The molecule has 0 bridgehead atoms. The zero-order valence-electron chi connectivity index (χ0n) is 19.1. The molecule has 0 unspecified atom stereocenters. The number of methoxy groups -OCH3 is 1. The number of nitrogens with one attached hydrogen (secondary N) is 1. The van der Waals surface area contributed by atoms with E-state index in [2.05, 4.69) is 25.6 Å². The Labute approximate surface area is 217 Å². The number of carbonyl (C=O) groups excluding carboxylic acids is 2. The molecule has 11 heteroatoms. The van der Waals surface area contributed by atoms with Crippen LogP contribution in [0.4, 0.5) is 5.69 Å². The predicted molar refractivity (Wildman–Crippen MR) is 140 cm³/mol. The Kier molecular flexibility index (Phi) is 8.18. The molecule has 8 nitrogen and oxygen atoms in total. The van der Waals surface area contributed by atoms with E-state index in [1.165, 1.54) is 17.0 Å². The van der Waals surface area contributed by atoms with Crippen LogP contribution in [0, 0.1) is 0 Å². The fourth-order valence-corrected chi connectivity index (χ4v) is 6.84. The second-order valence-electron chi connectivity index (χ2n) is 8.39. The number of halogens is 1. The normalized spacial score (nSPS) is 20.3. The molecule has 1 saturated carbocycles. The number of nitrogens with zero attached hydrogens (tertiary/aromatic N) is 2. The summed E-state index contributed by atoms with van der Waals surface area (Å²) in [6, 6.07) is 13.0. The van der Waals surface area contributed by atoms with E-state index in [4.69, 9.17) is 4.74 Å². The molecule has 186 valence electrons. The highest BCUT2D eigenvalue weighted by Gasteiger charge is 2.43. The fraction of sp³-hybridized carbons (Fsp3) is 0.375. The van der Waals surface area contributed by atoms with Crippen molar-refractivity contribution in [1.29, 1.82) is 0 Å². The van der Waals surface area contributed by atoms with Gasteiger partial charge in [-0.3, -0.25) is 14.5 Å². The van der Waals surface area contributed by atoms with Crippen molar-refractivity contribution in [2.75, 3.05) is 12.4 Å². The van der Waals surface area contributed by atoms with Crippen LogP contribution in [0.3, 0.4) is 0 Å². The van der Waals surface area contributed by atoms with Gasteiger partial charge in [-0.15, -0.1) is 4.40 Å². The lowest BCUT2D eigenvalue weighted by molar-refractivity contribution is -0.130. The molecule has 0 aromatic heterocycles. The average molecular weight is 581 g/mol. The summed E-state index contributed by atoms with van der Waals surface area (Å²) in [6.45, 7) is 0. The summed E-state index contributed by atoms with van der Waals surface area (Å²) in [4.78, 5) is 27.7. The number of amidine groups is 1. The average Bonchev–Trinajstić information content (AvgIpc) is 3.13. The van der Waals surface area contributed by atoms with E-state index in [1.54, 1.807) is 43.5 Å². The third-order valence-electron chi connectivity index (χ3n) is 5.96. The van der Waals surface area contributed by atoms with Crippen LogP contribution in [0.1, 0.15) is 38.5 Å². The van der Waals surface area contributed by atoms with Crippen LogP contribution in [0.5, 0.6) is 5.75 Å². The highest BCUT2D eigenvalue weighted by atomic mass is 79.9. The predicted octanol–water partition coefficient (Wildman–Crippen LogP) is 4.81. The van der Waals surface area contributed by atoms with Crippen molar-refractivity contribution in [3.63, 3.8) is 0 Å². The molecule has 1 saturated heterocycles. The molecule has 2 aromatic carbocycles. The number of hydrogen-bond donors (Lipinski definition) is 1. The number of hydrogen-bond acceptors (Lipinski definition) is 6. The SMILES string of the molecule is COc1ccc(NC(=O)C[C@@H]2SC(=NS(=O)(=O)c3ccc(Br)cc3)N(C3CCCCC3)C2=O)cc1. The number of amides is 2. The first kappa shape index (κ1) is 25.7. The largest absolute Gasteiger partial charge is 0.497 e. The van der Waals surface area contributed by atoms with Gasteiger partial charge in [0.05, 0.1) is 12.0 Å². The Morgan fingerprint density at radius 1 is 1.11 bits per heavy atom. The summed E-state index contributed by atoms with van der Waals surface area (Å²) in [5, 5.41) is 2.19. The number of sulfonamides is 1. The van der Waals surface area contributed by atoms with E-state index in [9.17, 15) is 18.0 Å². The molecule has 1 heterocycles. The van der Waals surface area contributed by atoms with Gasteiger partial charge in [-0.2, -0.15) is 8.42 Å². The highest BCUT2D eigenvalue weighted by Crippen LogP contribution is 2.36. The Balaban J connectivity index is 1.55. The minimum Gasteiger partial charge on any atom is -0.497 e. The second kappa shape index (κ2) is 11.1. The minimum atomic E-state index is -4.02. The molecule has 1 N–H and O–H groups in total. The van der Waals surface area contributed by atoms with E-state index in [0.29, 0.717) is 11.4 Å². The summed E-state index contributed by atoms with van der Waals surface area (Å²) in [7, 11) is -2.46. The van der Waals surface area contributed by atoms with Gasteiger partial charge in [-0.1, -0.05) is 47.0 Å². The van der Waals surface area contributed by atoms with Crippen LogP contribution in [0.2, 0.25) is 0 Å². The van der Waals surface area contributed by atoms with Crippen molar-refractivity contribution in [2.45, 2.75) is 54.7 Å².